The lowest BCUT2D eigenvalue weighted by atomic mass is 10.0. The van der Waals surface area contributed by atoms with Crippen LogP contribution in [0.2, 0.25) is 0 Å². The van der Waals surface area contributed by atoms with Gasteiger partial charge in [0, 0.05) is 18.6 Å². The summed E-state index contributed by atoms with van der Waals surface area (Å²) >= 11 is 4.09. The van der Waals surface area contributed by atoms with E-state index in [0.29, 0.717) is 5.56 Å². The van der Waals surface area contributed by atoms with Crippen molar-refractivity contribution in [3.63, 3.8) is 0 Å². The third-order valence-corrected chi connectivity index (χ3v) is 6.12. The SMILES string of the molecule is NC(=O)CCC(NC(=O)C(N)Cc1ccccc1)C(=O)NC(CS)C(=O)NC(Cc1ccc(O)cc1)C(=O)O. The van der Waals surface area contributed by atoms with Gasteiger partial charge in [-0.05, 0) is 36.1 Å². The highest BCUT2D eigenvalue weighted by Crippen LogP contribution is 2.12. The number of aromatic hydroxyl groups is 1. The Balaban J connectivity index is 2.06. The topological polar surface area (TPSA) is 214 Å². The second-order valence-corrected chi connectivity index (χ2v) is 9.24. The number of carboxylic acid groups (broad SMARTS) is 1. The summed E-state index contributed by atoms with van der Waals surface area (Å²) in [4.78, 5) is 61.6. The van der Waals surface area contributed by atoms with Gasteiger partial charge in [-0.1, -0.05) is 42.5 Å². The van der Waals surface area contributed by atoms with Gasteiger partial charge in [0.1, 0.15) is 23.9 Å². The van der Waals surface area contributed by atoms with Crippen molar-refractivity contribution in [3.8, 4) is 5.75 Å². The quantitative estimate of drug-likeness (QED) is 0.130. The van der Waals surface area contributed by atoms with E-state index < -0.39 is 53.8 Å². The van der Waals surface area contributed by atoms with Crippen molar-refractivity contribution in [1.29, 1.82) is 0 Å². The summed E-state index contributed by atoms with van der Waals surface area (Å²) in [5, 5.41) is 26.3. The van der Waals surface area contributed by atoms with Gasteiger partial charge in [0.25, 0.3) is 0 Å². The Kier molecular flexibility index (Phi) is 12.2. The zero-order valence-corrected chi connectivity index (χ0v) is 22.0. The van der Waals surface area contributed by atoms with E-state index in [-0.39, 0.29) is 37.2 Å². The Hall–Kier alpha value is -4.10. The maximum atomic E-state index is 13.0. The number of benzene rings is 2. The summed E-state index contributed by atoms with van der Waals surface area (Å²) in [6.45, 7) is 0. The first-order valence-corrected chi connectivity index (χ1v) is 12.7. The van der Waals surface area contributed by atoms with Crippen molar-refractivity contribution >= 4 is 42.2 Å². The van der Waals surface area contributed by atoms with E-state index in [4.69, 9.17) is 11.5 Å². The fourth-order valence-corrected chi connectivity index (χ4v) is 3.86. The van der Waals surface area contributed by atoms with Gasteiger partial charge in [0.2, 0.25) is 23.6 Å². The van der Waals surface area contributed by atoms with E-state index in [2.05, 4.69) is 28.6 Å². The van der Waals surface area contributed by atoms with Crippen molar-refractivity contribution in [2.75, 3.05) is 5.75 Å². The van der Waals surface area contributed by atoms with Crippen LogP contribution in [-0.2, 0) is 36.8 Å². The maximum absolute atomic E-state index is 13.0. The van der Waals surface area contributed by atoms with Crippen LogP contribution in [0.1, 0.15) is 24.0 Å². The monoisotopic (exact) mass is 559 g/mol. The Morgan fingerprint density at radius 1 is 0.769 bits per heavy atom. The number of nitrogens with two attached hydrogens (primary N) is 2. The zero-order valence-electron chi connectivity index (χ0n) is 21.1. The molecule has 2 aromatic carbocycles. The molecule has 0 saturated heterocycles. The average molecular weight is 560 g/mol. The molecule has 4 unspecified atom stereocenters. The molecule has 4 atom stereocenters. The number of phenolic OH excluding ortho intramolecular Hbond substituents is 1. The molecule has 0 saturated carbocycles. The predicted molar refractivity (Wildman–Crippen MR) is 146 cm³/mol. The molecule has 13 heteroatoms. The van der Waals surface area contributed by atoms with Crippen LogP contribution in [0.3, 0.4) is 0 Å². The van der Waals surface area contributed by atoms with Gasteiger partial charge in [-0.2, -0.15) is 12.6 Å². The fourth-order valence-electron chi connectivity index (χ4n) is 3.60. The fraction of sp³-hybridized carbons (Fsp3) is 0.346. The van der Waals surface area contributed by atoms with E-state index in [0.717, 1.165) is 5.56 Å². The number of thiol groups is 1. The number of carbonyl (C=O) groups excluding carboxylic acids is 4. The van der Waals surface area contributed by atoms with Crippen molar-refractivity contribution in [3.05, 3.63) is 65.7 Å². The van der Waals surface area contributed by atoms with Crippen LogP contribution >= 0.6 is 12.6 Å². The second-order valence-electron chi connectivity index (χ2n) is 8.88. The molecule has 2 aromatic rings. The van der Waals surface area contributed by atoms with Crippen LogP contribution in [0.4, 0.5) is 0 Å². The molecule has 0 aliphatic rings. The Morgan fingerprint density at radius 2 is 1.31 bits per heavy atom. The Morgan fingerprint density at radius 3 is 1.87 bits per heavy atom. The number of phenols is 1. The summed E-state index contributed by atoms with van der Waals surface area (Å²) in [6.07, 6.45) is -0.247. The van der Waals surface area contributed by atoms with Crippen LogP contribution in [0, 0.1) is 0 Å². The lowest BCUT2D eigenvalue weighted by Gasteiger charge is -2.24. The molecule has 0 aliphatic heterocycles. The number of carbonyl (C=O) groups is 5. The van der Waals surface area contributed by atoms with E-state index in [1.165, 1.54) is 24.3 Å². The third kappa shape index (κ3) is 10.7. The van der Waals surface area contributed by atoms with Gasteiger partial charge in [0.15, 0.2) is 0 Å². The number of carboxylic acids is 1. The molecule has 0 bridgehead atoms. The van der Waals surface area contributed by atoms with Gasteiger partial charge in [-0.3, -0.25) is 19.2 Å². The smallest absolute Gasteiger partial charge is 0.326 e. The summed E-state index contributed by atoms with van der Waals surface area (Å²) in [6, 6.07) is 10.0. The lowest BCUT2D eigenvalue weighted by molar-refractivity contribution is -0.142. The first-order valence-electron chi connectivity index (χ1n) is 12.1. The molecular formula is C26H33N5O7S. The molecule has 0 aliphatic carbocycles. The second kappa shape index (κ2) is 15.3. The molecule has 0 spiro atoms. The highest BCUT2D eigenvalue weighted by Gasteiger charge is 2.30. The van der Waals surface area contributed by atoms with E-state index >= 15 is 0 Å². The highest BCUT2D eigenvalue weighted by atomic mass is 32.1. The van der Waals surface area contributed by atoms with Gasteiger partial charge in [-0.25, -0.2) is 4.79 Å². The number of primary amides is 1. The third-order valence-electron chi connectivity index (χ3n) is 5.75. The Labute approximate surface area is 230 Å². The molecule has 0 heterocycles. The van der Waals surface area contributed by atoms with Crippen LogP contribution in [0.15, 0.2) is 54.6 Å². The number of hydrogen-bond acceptors (Lipinski definition) is 8. The van der Waals surface area contributed by atoms with Gasteiger partial charge in [-0.15, -0.1) is 0 Å². The number of aliphatic carboxylic acids is 1. The van der Waals surface area contributed by atoms with Crippen molar-refractivity contribution in [2.45, 2.75) is 49.9 Å². The zero-order chi connectivity index (χ0) is 28.9. The molecule has 9 N–H and O–H groups in total. The summed E-state index contributed by atoms with van der Waals surface area (Å²) < 4.78 is 0. The molecule has 12 nitrogen and oxygen atoms in total. The maximum Gasteiger partial charge on any atom is 0.326 e. The number of amides is 4. The van der Waals surface area contributed by atoms with Gasteiger partial charge >= 0.3 is 5.97 Å². The van der Waals surface area contributed by atoms with E-state index in [1.54, 1.807) is 24.3 Å². The Bertz CT molecular complexity index is 1150. The minimum absolute atomic E-state index is 0.00603. The minimum Gasteiger partial charge on any atom is -0.508 e. The van der Waals surface area contributed by atoms with Crippen LogP contribution in [0.5, 0.6) is 5.75 Å². The average Bonchev–Trinajstić information content (AvgIpc) is 2.90. The van der Waals surface area contributed by atoms with E-state index in [1.807, 2.05) is 6.07 Å². The standard InChI is InChI=1S/C26H33N5O7S/c27-18(12-15-4-2-1-3-5-15)23(34)29-19(10-11-22(28)33)24(35)31-21(14-39)25(36)30-20(26(37)38)13-16-6-8-17(32)9-7-16/h1-9,18-21,32,39H,10-14,27H2,(H2,28,33)(H,29,34)(H,30,36)(H,31,35)(H,37,38). The minimum atomic E-state index is -1.33. The summed E-state index contributed by atoms with van der Waals surface area (Å²) in [5.41, 5.74) is 12.6. The van der Waals surface area contributed by atoms with Gasteiger partial charge < -0.3 is 37.6 Å². The lowest BCUT2D eigenvalue weighted by Crippen LogP contribution is -2.58. The highest BCUT2D eigenvalue weighted by molar-refractivity contribution is 7.80. The number of nitrogens with one attached hydrogen (secondary N) is 3. The van der Waals surface area contributed by atoms with Gasteiger partial charge in [0.05, 0.1) is 6.04 Å². The van der Waals surface area contributed by atoms with Crippen LogP contribution in [-0.4, -0.2) is 69.7 Å². The number of rotatable bonds is 15. The molecule has 210 valence electrons. The predicted octanol–water partition coefficient (Wildman–Crippen LogP) is -0.761. The summed E-state index contributed by atoms with van der Waals surface area (Å²) in [5.74, 6) is -4.44. The van der Waals surface area contributed by atoms with Crippen molar-refractivity contribution in [1.82, 2.24) is 16.0 Å². The first-order chi connectivity index (χ1) is 18.5. The largest absolute Gasteiger partial charge is 0.508 e. The molecule has 2 rings (SSSR count). The molecule has 0 radical (unpaired) electrons. The molecule has 0 aromatic heterocycles. The molecule has 39 heavy (non-hydrogen) atoms. The number of hydrogen-bond donors (Lipinski definition) is 8. The summed E-state index contributed by atoms with van der Waals surface area (Å²) in [7, 11) is 0. The van der Waals surface area contributed by atoms with Crippen molar-refractivity contribution < 1.29 is 34.2 Å². The van der Waals surface area contributed by atoms with E-state index in [9.17, 15) is 34.2 Å². The van der Waals surface area contributed by atoms with Crippen molar-refractivity contribution in [2.24, 2.45) is 11.5 Å². The molecule has 0 fully saturated rings. The normalized spacial score (nSPS) is 13.8. The van der Waals surface area contributed by atoms with Crippen LogP contribution in [0.25, 0.3) is 0 Å². The van der Waals surface area contributed by atoms with Crippen LogP contribution < -0.4 is 27.4 Å². The first kappa shape index (κ1) is 31.1. The molecule has 4 amide bonds. The molecular weight excluding hydrogens is 526 g/mol.